The van der Waals surface area contributed by atoms with Crippen molar-refractivity contribution in [2.24, 2.45) is 0 Å². The fourth-order valence-electron chi connectivity index (χ4n) is 1.83. The van der Waals surface area contributed by atoms with Gasteiger partial charge in [-0.2, -0.15) is 0 Å². The maximum absolute atomic E-state index is 11.5. The molecule has 7 heteroatoms. The van der Waals surface area contributed by atoms with Gasteiger partial charge in [-0.15, -0.1) is 11.6 Å². The first-order valence-corrected chi connectivity index (χ1v) is 7.29. The summed E-state index contributed by atoms with van der Waals surface area (Å²) in [6, 6.07) is 14.6. The third-order valence-corrected chi connectivity index (χ3v) is 3.44. The van der Waals surface area contributed by atoms with Gasteiger partial charge in [-0.05, 0) is 11.6 Å². The number of hydrogen-bond donors (Lipinski definition) is 3. The number of carbonyl (C=O) groups is 2. The van der Waals surface area contributed by atoms with E-state index >= 15 is 0 Å². The maximum Gasteiger partial charge on any atom is 0.345 e. The molecule has 0 fully saturated rings. The molecule has 0 radical (unpaired) electrons. The van der Waals surface area contributed by atoms with Crippen LogP contribution in [0.15, 0.2) is 54.6 Å². The number of carboxylic acids is 2. The van der Waals surface area contributed by atoms with Gasteiger partial charge in [0.05, 0.1) is 0 Å². The molecule has 0 heterocycles. The lowest BCUT2D eigenvalue weighted by Crippen LogP contribution is -2.37. The Kier molecular flexibility index (Phi) is 7.03. The summed E-state index contributed by atoms with van der Waals surface area (Å²) in [5.74, 6) is -2.64. The molecular weight excluding hydrogens is 343 g/mol. The molecule has 0 aromatic heterocycles. The summed E-state index contributed by atoms with van der Waals surface area (Å²) in [6.45, 7) is 0. The zero-order chi connectivity index (χ0) is 17.5. The van der Waals surface area contributed by atoms with Gasteiger partial charge in [-0.3, -0.25) is 4.79 Å². The third-order valence-electron chi connectivity index (χ3n) is 2.88. The van der Waals surface area contributed by atoms with E-state index in [1.165, 1.54) is 6.07 Å². The van der Waals surface area contributed by atoms with E-state index in [0.29, 0.717) is 0 Å². The van der Waals surface area contributed by atoms with Crippen molar-refractivity contribution < 1.29 is 24.9 Å². The summed E-state index contributed by atoms with van der Waals surface area (Å²) >= 11 is 10.7. The first-order chi connectivity index (χ1) is 10.8. The van der Waals surface area contributed by atoms with Crippen LogP contribution in [0.2, 0.25) is 5.02 Å². The summed E-state index contributed by atoms with van der Waals surface area (Å²) in [5.41, 5.74) is -1.71. The Hall–Kier alpha value is -2.08. The van der Waals surface area contributed by atoms with Gasteiger partial charge < -0.3 is 15.3 Å². The van der Waals surface area contributed by atoms with Crippen LogP contribution in [0.3, 0.4) is 0 Å². The molecule has 23 heavy (non-hydrogen) atoms. The second kappa shape index (κ2) is 8.53. The fourth-order valence-corrected chi connectivity index (χ4v) is 2.10. The van der Waals surface area contributed by atoms with Crippen molar-refractivity contribution in [3.05, 3.63) is 70.7 Å². The van der Waals surface area contributed by atoms with E-state index in [1.54, 1.807) is 48.5 Å². The van der Waals surface area contributed by atoms with E-state index in [1.807, 2.05) is 0 Å². The standard InChI is InChI=1S/C14H11ClO3.C2H3ClO2/c15-12-9-5-4-8-11(12)14(18,13(16)17)10-6-2-1-3-7-10;3-1-2(4)5/h1-9,18H,(H,16,17);1H2,(H,4,5). The van der Waals surface area contributed by atoms with Crippen LogP contribution >= 0.6 is 23.2 Å². The zero-order valence-electron chi connectivity index (χ0n) is 11.8. The molecule has 0 amide bonds. The molecule has 2 aromatic rings. The van der Waals surface area contributed by atoms with Gasteiger partial charge in [0.25, 0.3) is 0 Å². The molecule has 2 aromatic carbocycles. The number of aliphatic carboxylic acids is 2. The van der Waals surface area contributed by atoms with Crippen LogP contribution in [0.4, 0.5) is 0 Å². The molecular formula is C16H14Cl2O5. The Morgan fingerprint density at radius 2 is 1.43 bits per heavy atom. The smallest absolute Gasteiger partial charge is 0.345 e. The van der Waals surface area contributed by atoms with Crippen LogP contribution in [0.25, 0.3) is 0 Å². The number of halogens is 2. The van der Waals surface area contributed by atoms with Crippen molar-refractivity contribution in [3.63, 3.8) is 0 Å². The number of carboxylic acid groups (broad SMARTS) is 2. The molecule has 0 aliphatic carbocycles. The van der Waals surface area contributed by atoms with Gasteiger partial charge in [0, 0.05) is 10.6 Å². The Balaban J connectivity index is 0.000000463. The Bertz CT molecular complexity index is 675. The van der Waals surface area contributed by atoms with Gasteiger partial charge >= 0.3 is 11.9 Å². The molecule has 1 unspecified atom stereocenters. The van der Waals surface area contributed by atoms with Crippen molar-refractivity contribution in [2.75, 3.05) is 5.88 Å². The summed E-state index contributed by atoms with van der Waals surface area (Å²) in [6.07, 6.45) is 0. The van der Waals surface area contributed by atoms with Gasteiger partial charge in [0.2, 0.25) is 5.60 Å². The van der Waals surface area contributed by atoms with Crippen LogP contribution in [0, 0.1) is 0 Å². The van der Waals surface area contributed by atoms with Crippen molar-refractivity contribution in [1.29, 1.82) is 0 Å². The molecule has 0 aliphatic rings. The van der Waals surface area contributed by atoms with E-state index < -0.39 is 17.5 Å². The molecule has 0 bridgehead atoms. The van der Waals surface area contributed by atoms with Crippen molar-refractivity contribution >= 4 is 35.1 Å². The molecule has 122 valence electrons. The quantitative estimate of drug-likeness (QED) is 0.732. The highest BCUT2D eigenvalue weighted by Crippen LogP contribution is 2.34. The lowest BCUT2D eigenvalue weighted by atomic mass is 9.86. The highest BCUT2D eigenvalue weighted by atomic mass is 35.5. The summed E-state index contributed by atoms with van der Waals surface area (Å²) in [7, 11) is 0. The molecule has 1 atom stereocenters. The SMILES string of the molecule is O=C(O)C(O)(c1ccccc1)c1ccccc1Cl.O=C(O)CCl. The van der Waals surface area contributed by atoms with E-state index in [-0.39, 0.29) is 22.0 Å². The first-order valence-electron chi connectivity index (χ1n) is 6.38. The molecule has 2 rings (SSSR count). The van der Waals surface area contributed by atoms with Crippen molar-refractivity contribution in [2.45, 2.75) is 5.60 Å². The summed E-state index contributed by atoms with van der Waals surface area (Å²) < 4.78 is 0. The lowest BCUT2D eigenvalue weighted by Gasteiger charge is -2.25. The minimum Gasteiger partial charge on any atom is -0.480 e. The average molecular weight is 357 g/mol. The number of hydrogen-bond acceptors (Lipinski definition) is 3. The third kappa shape index (κ3) is 4.69. The number of alkyl halides is 1. The minimum absolute atomic E-state index is 0.158. The summed E-state index contributed by atoms with van der Waals surface area (Å²) in [5, 5.41) is 27.7. The van der Waals surface area contributed by atoms with Crippen LogP contribution in [-0.4, -0.2) is 33.1 Å². The zero-order valence-corrected chi connectivity index (χ0v) is 13.3. The van der Waals surface area contributed by atoms with Gasteiger partial charge in [0.15, 0.2) is 0 Å². The molecule has 0 spiro atoms. The molecule has 5 nitrogen and oxygen atoms in total. The fraction of sp³-hybridized carbons (Fsp3) is 0.125. The van der Waals surface area contributed by atoms with Crippen LogP contribution in [0.1, 0.15) is 11.1 Å². The number of benzene rings is 2. The Morgan fingerprint density at radius 3 is 1.87 bits per heavy atom. The second-order valence-electron chi connectivity index (χ2n) is 4.39. The van der Waals surface area contributed by atoms with E-state index in [9.17, 15) is 19.8 Å². The average Bonchev–Trinajstić information content (AvgIpc) is 2.55. The van der Waals surface area contributed by atoms with Crippen molar-refractivity contribution in [3.8, 4) is 0 Å². The number of rotatable bonds is 4. The maximum atomic E-state index is 11.5. The van der Waals surface area contributed by atoms with Gasteiger partial charge in [-0.25, -0.2) is 4.79 Å². The largest absolute Gasteiger partial charge is 0.480 e. The highest BCUT2D eigenvalue weighted by Gasteiger charge is 2.41. The molecule has 0 aliphatic heterocycles. The predicted octanol–water partition coefficient (Wildman–Crippen LogP) is 2.97. The number of aliphatic hydroxyl groups is 1. The van der Waals surface area contributed by atoms with Crippen LogP contribution in [-0.2, 0) is 15.2 Å². The topological polar surface area (TPSA) is 94.8 Å². The second-order valence-corrected chi connectivity index (χ2v) is 5.06. The van der Waals surface area contributed by atoms with Gasteiger partial charge in [-0.1, -0.05) is 60.1 Å². The van der Waals surface area contributed by atoms with Gasteiger partial charge in [0.1, 0.15) is 5.88 Å². The molecule has 0 saturated heterocycles. The predicted molar refractivity (Wildman–Crippen MR) is 86.9 cm³/mol. The Morgan fingerprint density at radius 1 is 0.957 bits per heavy atom. The van der Waals surface area contributed by atoms with Crippen LogP contribution < -0.4 is 0 Å². The monoisotopic (exact) mass is 356 g/mol. The highest BCUT2D eigenvalue weighted by molar-refractivity contribution is 6.31. The van der Waals surface area contributed by atoms with E-state index in [0.717, 1.165) is 0 Å². The van der Waals surface area contributed by atoms with E-state index in [4.69, 9.17) is 28.3 Å². The molecule has 0 saturated carbocycles. The minimum atomic E-state index is -2.14. The lowest BCUT2D eigenvalue weighted by molar-refractivity contribution is -0.155. The first kappa shape index (κ1) is 19.0. The normalized spacial score (nSPS) is 12.5. The Labute approximate surface area is 142 Å². The van der Waals surface area contributed by atoms with E-state index in [2.05, 4.69) is 0 Å². The summed E-state index contributed by atoms with van der Waals surface area (Å²) in [4.78, 5) is 20.7. The van der Waals surface area contributed by atoms with Crippen LogP contribution in [0.5, 0.6) is 0 Å². The molecule has 3 N–H and O–H groups in total. The van der Waals surface area contributed by atoms with Crippen molar-refractivity contribution in [1.82, 2.24) is 0 Å².